The van der Waals surface area contributed by atoms with Gasteiger partial charge in [0.2, 0.25) is 10.0 Å². The van der Waals surface area contributed by atoms with Gasteiger partial charge in [-0.05, 0) is 26.0 Å². The Kier molecular flexibility index (Phi) is 6.09. The molecule has 1 aromatic rings. The van der Waals surface area contributed by atoms with E-state index in [2.05, 4.69) is 5.32 Å². The average molecular weight is 336 g/mol. The molecular weight excluding hydrogens is 318 g/mol. The van der Waals surface area contributed by atoms with Gasteiger partial charge in [-0.1, -0.05) is 12.1 Å². The number of nitrogens with zero attached hydrogens (tertiary/aromatic N) is 2. The lowest BCUT2D eigenvalue weighted by molar-refractivity contribution is -0.387. The fourth-order valence-corrected chi connectivity index (χ4v) is 3.98. The van der Waals surface area contributed by atoms with Gasteiger partial charge >= 0.3 is 0 Å². The fraction of sp³-hybridized carbons (Fsp3) is 0.500. The number of sulfonamides is 1. The molecule has 1 aromatic carbocycles. The minimum Gasteiger partial charge on any atom is -0.317 e. The second kappa shape index (κ2) is 7.17. The Hall–Kier alpha value is -1.22. The molecule has 9 heteroatoms. The topological polar surface area (TPSA) is 92.6 Å². The zero-order chi connectivity index (χ0) is 14.8. The molecule has 0 atom stereocenters. The third kappa shape index (κ3) is 3.70. The predicted octanol–water partition coefficient (Wildman–Crippen LogP) is 1.39. The highest BCUT2D eigenvalue weighted by atomic mass is 35.5. The van der Waals surface area contributed by atoms with Crippen molar-refractivity contribution < 1.29 is 13.3 Å². The van der Waals surface area contributed by atoms with E-state index in [1.165, 1.54) is 28.6 Å². The van der Waals surface area contributed by atoms with Crippen molar-refractivity contribution >= 4 is 28.1 Å². The molecule has 1 N–H and O–H groups in total. The number of para-hydroxylation sites is 1. The van der Waals surface area contributed by atoms with Crippen molar-refractivity contribution in [1.82, 2.24) is 9.62 Å². The quantitative estimate of drug-likeness (QED) is 0.663. The molecule has 0 amide bonds. The van der Waals surface area contributed by atoms with E-state index in [9.17, 15) is 18.5 Å². The second-order valence-electron chi connectivity index (χ2n) is 4.69. The van der Waals surface area contributed by atoms with E-state index >= 15 is 0 Å². The first-order chi connectivity index (χ1) is 9.46. The van der Waals surface area contributed by atoms with Crippen LogP contribution in [0.15, 0.2) is 29.2 Å². The summed E-state index contributed by atoms with van der Waals surface area (Å²) in [6.45, 7) is 0.750. The first kappa shape index (κ1) is 17.8. The number of hydrogen-bond donors (Lipinski definition) is 1. The van der Waals surface area contributed by atoms with Crippen LogP contribution in [-0.2, 0) is 10.0 Å². The van der Waals surface area contributed by atoms with E-state index in [1.807, 2.05) is 7.05 Å². The number of halogens is 1. The molecule has 0 unspecified atom stereocenters. The van der Waals surface area contributed by atoms with Crippen LogP contribution in [0.4, 0.5) is 5.69 Å². The lowest BCUT2D eigenvalue weighted by Gasteiger charge is -2.30. The van der Waals surface area contributed by atoms with Gasteiger partial charge < -0.3 is 5.32 Å². The summed E-state index contributed by atoms with van der Waals surface area (Å²) in [5.41, 5.74) is -0.372. The molecule has 1 aliphatic rings. The van der Waals surface area contributed by atoms with Gasteiger partial charge in [0, 0.05) is 25.2 Å². The standard InChI is InChI=1S/C12H17N3O4S.ClH/c1-13-10-6-8-14(9-7-10)20(18,19)12-5-3-2-4-11(12)15(16)17;/h2-5,10,13H,6-9H2,1H3;1H. The zero-order valence-corrected chi connectivity index (χ0v) is 13.2. The van der Waals surface area contributed by atoms with Crippen LogP contribution >= 0.6 is 12.4 Å². The summed E-state index contributed by atoms with van der Waals surface area (Å²) in [7, 11) is -1.96. The van der Waals surface area contributed by atoms with E-state index in [1.54, 1.807) is 0 Å². The summed E-state index contributed by atoms with van der Waals surface area (Å²) < 4.78 is 26.3. The smallest absolute Gasteiger partial charge is 0.289 e. The maximum absolute atomic E-state index is 12.5. The molecule has 0 aliphatic carbocycles. The SMILES string of the molecule is CNC1CCN(S(=O)(=O)c2ccccc2[N+](=O)[O-])CC1.Cl. The molecule has 1 aliphatic heterocycles. The van der Waals surface area contributed by atoms with Crippen LogP contribution in [0.5, 0.6) is 0 Å². The summed E-state index contributed by atoms with van der Waals surface area (Å²) in [5, 5.41) is 14.1. The number of nitro benzene ring substituents is 1. The van der Waals surface area contributed by atoms with Gasteiger partial charge in [0.15, 0.2) is 4.90 Å². The predicted molar refractivity (Wildman–Crippen MR) is 81.2 cm³/mol. The summed E-state index contributed by atoms with van der Waals surface area (Å²) >= 11 is 0. The molecule has 0 radical (unpaired) electrons. The number of piperidine rings is 1. The van der Waals surface area contributed by atoms with Crippen molar-refractivity contribution in [3.8, 4) is 0 Å². The van der Waals surface area contributed by atoms with Gasteiger partial charge in [-0.3, -0.25) is 10.1 Å². The summed E-state index contributed by atoms with van der Waals surface area (Å²) in [6.07, 6.45) is 1.41. The largest absolute Gasteiger partial charge is 0.317 e. The Bertz CT molecular complexity index is 600. The molecule has 0 spiro atoms. The van der Waals surface area contributed by atoms with E-state index < -0.39 is 14.9 Å². The number of benzene rings is 1. The van der Waals surface area contributed by atoms with Crippen LogP contribution in [0, 0.1) is 10.1 Å². The summed E-state index contributed by atoms with van der Waals surface area (Å²) in [5.74, 6) is 0. The van der Waals surface area contributed by atoms with E-state index in [-0.39, 0.29) is 23.0 Å². The lowest BCUT2D eigenvalue weighted by Crippen LogP contribution is -2.43. The van der Waals surface area contributed by atoms with Crippen molar-refractivity contribution in [3.63, 3.8) is 0 Å². The minimum absolute atomic E-state index is 0. The van der Waals surface area contributed by atoms with Gasteiger partial charge in [0.05, 0.1) is 4.92 Å². The third-order valence-corrected chi connectivity index (χ3v) is 5.49. The van der Waals surface area contributed by atoms with Crippen molar-refractivity contribution in [2.75, 3.05) is 20.1 Å². The highest BCUT2D eigenvalue weighted by Gasteiger charge is 2.33. The van der Waals surface area contributed by atoms with Crippen LogP contribution in [0.25, 0.3) is 0 Å². The van der Waals surface area contributed by atoms with Crippen molar-refractivity contribution in [3.05, 3.63) is 34.4 Å². The Morgan fingerprint density at radius 1 is 1.29 bits per heavy atom. The van der Waals surface area contributed by atoms with Crippen LogP contribution in [0.3, 0.4) is 0 Å². The van der Waals surface area contributed by atoms with Gasteiger partial charge in [-0.25, -0.2) is 8.42 Å². The maximum Gasteiger partial charge on any atom is 0.289 e. The Labute approximate surface area is 129 Å². The Morgan fingerprint density at radius 2 is 1.86 bits per heavy atom. The summed E-state index contributed by atoms with van der Waals surface area (Å²) in [4.78, 5) is 10.1. The van der Waals surface area contributed by atoms with Crippen LogP contribution in [-0.4, -0.2) is 43.8 Å². The molecule has 1 fully saturated rings. The highest BCUT2D eigenvalue weighted by Crippen LogP contribution is 2.28. The average Bonchev–Trinajstić information content (AvgIpc) is 2.47. The van der Waals surface area contributed by atoms with Crippen LogP contribution in [0.2, 0.25) is 0 Å². The molecule has 1 saturated heterocycles. The molecule has 0 saturated carbocycles. The normalized spacial score (nSPS) is 17.2. The molecule has 118 valence electrons. The first-order valence-electron chi connectivity index (χ1n) is 6.37. The molecule has 0 bridgehead atoms. The van der Waals surface area contributed by atoms with Crippen molar-refractivity contribution in [2.45, 2.75) is 23.8 Å². The third-order valence-electron chi connectivity index (χ3n) is 3.54. The van der Waals surface area contributed by atoms with E-state index in [0.29, 0.717) is 32.0 Å². The number of nitrogens with one attached hydrogen (secondary N) is 1. The minimum atomic E-state index is -3.81. The number of hydrogen-bond acceptors (Lipinski definition) is 5. The Morgan fingerprint density at radius 3 is 2.38 bits per heavy atom. The van der Waals surface area contributed by atoms with Gasteiger partial charge in [0.25, 0.3) is 5.69 Å². The van der Waals surface area contributed by atoms with Gasteiger partial charge in [-0.15, -0.1) is 12.4 Å². The van der Waals surface area contributed by atoms with Crippen molar-refractivity contribution in [2.24, 2.45) is 0 Å². The van der Waals surface area contributed by atoms with Crippen LogP contribution < -0.4 is 5.32 Å². The van der Waals surface area contributed by atoms with Crippen molar-refractivity contribution in [1.29, 1.82) is 0 Å². The fourth-order valence-electron chi connectivity index (χ4n) is 2.35. The second-order valence-corrected chi connectivity index (χ2v) is 6.60. The number of rotatable bonds is 4. The monoisotopic (exact) mass is 335 g/mol. The molecule has 0 aromatic heterocycles. The first-order valence-corrected chi connectivity index (χ1v) is 7.81. The molecule has 1 heterocycles. The maximum atomic E-state index is 12.5. The van der Waals surface area contributed by atoms with Gasteiger partial charge in [0.1, 0.15) is 0 Å². The molecule has 7 nitrogen and oxygen atoms in total. The van der Waals surface area contributed by atoms with Gasteiger partial charge in [-0.2, -0.15) is 4.31 Å². The van der Waals surface area contributed by atoms with Crippen LogP contribution in [0.1, 0.15) is 12.8 Å². The zero-order valence-electron chi connectivity index (χ0n) is 11.6. The molecular formula is C12H18ClN3O4S. The summed E-state index contributed by atoms with van der Waals surface area (Å²) in [6, 6.07) is 5.77. The highest BCUT2D eigenvalue weighted by molar-refractivity contribution is 7.89. The van der Waals surface area contributed by atoms with E-state index in [4.69, 9.17) is 0 Å². The lowest BCUT2D eigenvalue weighted by atomic mass is 10.1. The Balaban J connectivity index is 0.00000220. The molecule has 21 heavy (non-hydrogen) atoms. The number of nitro groups is 1. The van der Waals surface area contributed by atoms with E-state index in [0.717, 1.165) is 0 Å². The molecule has 2 rings (SSSR count).